The van der Waals surface area contributed by atoms with Gasteiger partial charge in [0.15, 0.2) is 0 Å². The molecule has 7 nitrogen and oxygen atoms in total. The molecular formula is C12H6Br2N2O5S. The van der Waals surface area contributed by atoms with E-state index in [0.29, 0.717) is 0 Å². The van der Waals surface area contributed by atoms with Gasteiger partial charge in [0.2, 0.25) is 5.78 Å². The summed E-state index contributed by atoms with van der Waals surface area (Å²) >= 11 is 6.03. The first-order valence-corrected chi connectivity index (χ1v) is 8.62. The second-order valence-corrected chi connectivity index (χ2v) is 7.37. The van der Waals surface area contributed by atoms with E-state index in [1.807, 2.05) is 0 Å². The van der Waals surface area contributed by atoms with Crippen molar-refractivity contribution in [2.45, 2.75) is 4.90 Å². The fourth-order valence-electron chi connectivity index (χ4n) is 1.53. The Balaban J connectivity index is 2.41. The molecule has 0 radical (unpaired) electrons. The molecule has 114 valence electrons. The predicted octanol–water partition coefficient (Wildman–Crippen LogP) is 2.86. The number of nitrogens with zero attached hydrogens (tertiary/aromatic N) is 2. The number of nitro benzene ring substituents is 1. The zero-order valence-corrected chi connectivity index (χ0v) is 14.6. The van der Waals surface area contributed by atoms with Crippen molar-refractivity contribution in [3.63, 3.8) is 0 Å². The van der Waals surface area contributed by atoms with E-state index in [-0.39, 0.29) is 31.0 Å². The van der Waals surface area contributed by atoms with E-state index in [1.54, 1.807) is 0 Å². The molecule has 0 amide bonds. The lowest BCUT2D eigenvalue weighted by Crippen LogP contribution is -2.09. The molecule has 0 saturated heterocycles. The monoisotopic (exact) mass is 448 g/mol. The molecule has 0 unspecified atom stereocenters. The molecule has 0 spiro atoms. The Labute approximate surface area is 141 Å². The summed E-state index contributed by atoms with van der Waals surface area (Å²) in [5.74, 6) is -0.327. The number of halogens is 2. The van der Waals surface area contributed by atoms with Crippen molar-refractivity contribution in [1.29, 1.82) is 0 Å². The van der Waals surface area contributed by atoms with Crippen LogP contribution in [0, 0.1) is 10.1 Å². The molecule has 0 heterocycles. The summed E-state index contributed by atoms with van der Waals surface area (Å²) in [5, 5.41) is 10.6. The number of rotatable bonds is 3. The zero-order valence-electron chi connectivity index (χ0n) is 10.6. The highest BCUT2D eigenvalue weighted by atomic mass is 79.9. The van der Waals surface area contributed by atoms with Crippen LogP contribution in [-0.2, 0) is 14.8 Å². The number of sulfonamides is 1. The molecule has 1 aromatic rings. The third-order valence-electron chi connectivity index (χ3n) is 2.55. The van der Waals surface area contributed by atoms with Crippen LogP contribution >= 0.6 is 31.9 Å². The van der Waals surface area contributed by atoms with Gasteiger partial charge in [0.05, 0.1) is 24.5 Å². The van der Waals surface area contributed by atoms with E-state index in [2.05, 4.69) is 36.3 Å². The Hall–Kier alpha value is -1.65. The number of nitro groups is 1. The second kappa shape index (κ2) is 6.23. The lowest BCUT2D eigenvalue weighted by atomic mass is 10.2. The van der Waals surface area contributed by atoms with Gasteiger partial charge in [-0.1, -0.05) is 0 Å². The highest BCUT2D eigenvalue weighted by molar-refractivity contribution is 9.13. The third-order valence-corrected chi connectivity index (χ3v) is 5.05. The van der Waals surface area contributed by atoms with Crippen LogP contribution in [0.15, 0.2) is 54.7 Å². The first-order chi connectivity index (χ1) is 10.2. The van der Waals surface area contributed by atoms with Gasteiger partial charge in [0, 0.05) is 12.1 Å². The number of carbonyl (C=O) groups is 1. The van der Waals surface area contributed by atoms with Gasteiger partial charge >= 0.3 is 0 Å². The van der Waals surface area contributed by atoms with Crippen LogP contribution in [0.2, 0.25) is 0 Å². The summed E-state index contributed by atoms with van der Waals surface area (Å²) < 4.78 is 28.2. The van der Waals surface area contributed by atoms with E-state index in [0.717, 1.165) is 24.3 Å². The molecule has 22 heavy (non-hydrogen) atoms. The lowest BCUT2D eigenvalue weighted by Gasteiger charge is -2.06. The molecule has 1 aliphatic carbocycles. The van der Waals surface area contributed by atoms with Crippen molar-refractivity contribution in [2.24, 2.45) is 4.40 Å². The Kier molecular flexibility index (Phi) is 4.73. The average molecular weight is 450 g/mol. The van der Waals surface area contributed by atoms with Gasteiger partial charge < -0.3 is 0 Å². The van der Waals surface area contributed by atoms with Crippen molar-refractivity contribution in [2.75, 3.05) is 0 Å². The lowest BCUT2D eigenvalue weighted by molar-refractivity contribution is -0.384. The summed E-state index contributed by atoms with van der Waals surface area (Å²) in [6, 6.07) is 4.36. The fourth-order valence-corrected chi connectivity index (χ4v) is 3.66. The first kappa shape index (κ1) is 16.7. The maximum Gasteiger partial charge on any atom is 0.282 e. The molecule has 0 saturated carbocycles. The van der Waals surface area contributed by atoms with E-state index >= 15 is 0 Å². The number of hydrogen-bond acceptors (Lipinski definition) is 5. The summed E-state index contributed by atoms with van der Waals surface area (Å²) in [6.45, 7) is 0. The van der Waals surface area contributed by atoms with Gasteiger partial charge in [-0.25, -0.2) is 0 Å². The standard InChI is InChI=1S/C12H6Br2N2O5S/c13-10-5-7(6-11(14)12(10)17)15-22(20,21)9-3-1-8(2-4-9)16(18)19/h1-6H. The number of ketones is 1. The van der Waals surface area contributed by atoms with Crippen LogP contribution < -0.4 is 0 Å². The van der Waals surface area contributed by atoms with E-state index < -0.39 is 14.9 Å². The Morgan fingerprint density at radius 1 is 1.05 bits per heavy atom. The second-order valence-electron chi connectivity index (χ2n) is 4.06. The number of carbonyl (C=O) groups excluding carboxylic acids is 1. The van der Waals surface area contributed by atoms with Crippen molar-refractivity contribution in [3.8, 4) is 0 Å². The zero-order chi connectivity index (χ0) is 16.5. The number of non-ortho nitro benzene ring substituents is 1. The summed E-state index contributed by atoms with van der Waals surface area (Å²) in [4.78, 5) is 21.2. The Bertz CT molecular complexity index is 830. The highest BCUT2D eigenvalue weighted by Crippen LogP contribution is 2.24. The molecule has 2 rings (SSSR count). The molecule has 0 bridgehead atoms. The van der Waals surface area contributed by atoms with Crippen molar-refractivity contribution in [1.82, 2.24) is 0 Å². The SMILES string of the molecule is O=C1C(Br)=CC(=NS(=O)(=O)c2ccc([N+](=O)[O-])cc2)C=C1Br. The largest absolute Gasteiger partial charge is 0.287 e. The van der Waals surface area contributed by atoms with Gasteiger partial charge in [-0.15, -0.1) is 0 Å². The van der Waals surface area contributed by atoms with Crippen LogP contribution in [0.5, 0.6) is 0 Å². The molecule has 0 atom stereocenters. The minimum absolute atomic E-state index is 0.0525. The van der Waals surface area contributed by atoms with E-state index in [9.17, 15) is 23.3 Å². The van der Waals surface area contributed by atoms with Crippen LogP contribution in [0.4, 0.5) is 5.69 Å². The predicted molar refractivity (Wildman–Crippen MR) is 86.7 cm³/mol. The van der Waals surface area contributed by atoms with Gasteiger partial charge in [-0.3, -0.25) is 14.9 Å². The van der Waals surface area contributed by atoms with E-state index in [4.69, 9.17) is 0 Å². The molecule has 0 fully saturated rings. The van der Waals surface area contributed by atoms with Crippen molar-refractivity contribution < 1.29 is 18.1 Å². The number of benzene rings is 1. The van der Waals surface area contributed by atoms with Crippen LogP contribution in [0.25, 0.3) is 0 Å². The summed E-state index contributed by atoms with van der Waals surface area (Å²) in [7, 11) is -4.04. The Morgan fingerprint density at radius 2 is 1.55 bits per heavy atom. The third kappa shape index (κ3) is 3.57. The smallest absolute Gasteiger partial charge is 0.282 e. The number of hydrogen-bond donors (Lipinski definition) is 0. The normalized spacial score (nSPS) is 15.2. The fraction of sp³-hybridized carbons (Fsp3) is 0. The molecule has 1 aromatic carbocycles. The topological polar surface area (TPSA) is 107 Å². The van der Waals surface area contributed by atoms with Crippen LogP contribution in [-0.4, -0.2) is 24.8 Å². The van der Waals surface area contributed by atoms with Gasteiger partial charge in [0.25, 0.3) is 15.7 Å². The van der Waals surface area contributed by atoms with Crippen LogP contribution in [0.3, 0.4) is 0 Å². The van der Waals surface area contributed by atoms with Crippen LogP contribution in [0.1, 0.15) is 0 Å². The van der Waals surface area contributed by atoms with Gasteiger partial charge in [-0.2, -0.15) is 12.8 Å². The molecule has 0 aromatic heterocycles. The molecular weight excluding hydrogens is 444 g/mol. The number of Topliss-reactive ketones (excluding diaryl/α,β-unsaturated/α-hetero) is 1. The average Bonchev–Trinajstić information content (AvgIpc) is 2.44. The number of allylic oxidation sites excluding steroid dienone is 4. The molecule has 10 heteroatoms. The molecule has 0 N–H and O–H groups in total. The molecule has 0 aliphatic heterocycles. The van der Waals surface area contributed by atoms with Crippen molar-refractivity contribution >= 4 is 59.1 Å². The van der Waals surface area contributed by atoms with E-state index in [1.165, 1.54) is 12.2 Å². The minimum Gasteiger partial charge on any atom is -0.287 e. The van der Waals surface area contributed by atoms with Gasteiger partial charge in [-0.05, 0) is 56.1 Å². The summed E-state index contributed by atoms with van der Waals surface area (Å²) in [5.41, 5.74) is -0.170. The Morgan fingerprint density at radius 3 is 2.00 bits per heavy atom. The minimum atomic E-state index is -4.04. The van der Waals surface area contributed by atoms with Gasteiger partial charge in [0.1, 0.15) is 0 Å². The highest BCUT2D eigenvalue weighted by Gasteiger charge is 2.20. The quantitative estimate of drug-likeness (QED) is 0.400. The maximum atomic E-state index is 12.1. The van der Waals surface area contributed by atoms with Crippen molar-refractivity contribution in [3.05, 3.63) is 55.5 Å². The summed E-state index contributed by atoms with van der Waals surface area (Å²) in [6.07, 6.45) is 2.55. The molecule has 1 aliphatic rings. The first-order valence-electron chi connectivity index (χ1n) is 5.59. The maximum absolute atomic E-state index is 12.1.